The Kier molecular flexibility index (Phi) is 3.55. The lowest BCUT2D eigenvalue weighted by atomic mass is 9.65. The standard InChI is InChI=1S/C15H25ClN2O/c1-9-2-4-10(5-3-9)15(19)12-8-11(16)6-7-13(12)18-14(15)17/h9-13,19H,2-8H2,1H3,(H2,17,18). The number of aliphatic hydroxyl groups is 1. The van der Waals surface area contributed by atoms with Crippen LogP contribution in [0.5, 0.6) is 0 Å². The molecular formula is C15H25ClN2O. The van der Waals surface area contributed by atoms with Crippen molar-refractivity contribution in [3.63, 3.8) is 0 Å². The van der Waals surface area contributed by atoms with E-state index in [1.807, 2.05) is 0 Å². The molecule has 4 atom stereocenters. The van der Waals surface area contributed by atoms with Gasteiger partial charge in [0.2, 0.25) is 0 Å². The molecule has 2 fully saturated rings. The van der Waals surface area contributed by atoms with Gasteiger partial charge in [-0.3, -0.25) is 4.99 Å². The predicted molar refractivity (Wildman–Crippen MR) is 78.5 cm³/mol. The Morgan fingerprint density at radius 3 is 2.58 bits per heavy atom. The lowest BCUT2D eigenvalue weighted by molar-refractivity contribution is -0.0330. The zero-order valence-corrected chi connectivity index (χ0v) is 12.4. The first-order valence-corrected chi connectivity index (χ1v) is 8.15. The minimum atomic E-state index is -0.877. The molecule has 3 nitrogen and oxygen atoms in total. The van der Waals surface area contributed by atoms with Crippen molar-refractivity contribution in [2.45, 2.75) is 68.9 Å². The van der Waals surface area contributed by atoms with Crippen molar-refractivity contribution in [2.24, 2.45) is 28.5 Å². The molecule has 3 rings (SSSR count). The Hall–Kier alpha value is -0.280. The summed E-state index contributed by atoms with van der Waals surface area (Å²) in [5.74, 6) is 1.71. The van der Waals surface area contributed by atoms with Crippen molar-refractivity contribution in [2.75, 3.05) is 0 Å². The van der Waals surface area contributed by atoms with Gasteiger partial charge >= 0.3 is 0 Å². The molecule has 4 unspecified atom stereocenters. The molecule has 0 bridgehead atoms. The third kappa shape index (κ3) is 2.19. The topological polar surface area (TPSA) is 58.6 Å². The average Bonchev–Trinajstić information content (AvgIpc) is 2.64. The van der Waals surface area contributed by atoms with Crippen molar-refractivity contribution >= 4 is 17.4 Å². The second-order valence-corrected chi connectivity index (χ2v) is 7.50. The van der Waals surface area contributed by atoms with Gasteiger partial charge in [0.15, 0.2) is 0 Å². The lowest BCUT2D eigenvalue weighted by Gasteiger charge is -2.43. The van der Waals surface area contributed by atoms with Gasteiger partial charge in [0.1, 0.15) is 11.4 Å². The van der Waals surface area contributed by atoms with Gasteiger partial charge in [-0.05, 0) is 43.9 Å². The van der Waals surface area contributed by atoms with Gasteiger partial charge in [0.25, 0.3) is 0 Å². The zero-order valence-electron chi connectivity index (χ0n) is 11.7. The van der Waals surface area contributed by atoms with Crippen LogP contribution < -0.4 is 5.73 Å². The highest BCUT2D eigenvalue weighted by Gasteiger charge is 2.55. The van der Waals surface area contributed by atoms with E-state index in [0.29, 0.717) is 5.84 Å². The summed E-state index contributed by atoms with van der Waals surface area (Å²) in [5, 5.41) is 11.4. The first kappa shape index (κ1) is 13.7. The van der Waals surface area contributed by atoms with Crippen LogP contribution in [-0.2, 0) is 0 Å². The van der Waals surface area contributed by atoms with E-state index < -0.39 is 5.60 Å². The fourth-order valence-corrected chi connectivity index (χ4v) is 4.73. The van der Waals surface area contributed by atoms with Crippen molar-refractivity contribution in [3.05, 3.63) is 0 Å². The maximum atomic E-state index is 11.3. The van der Waals surface area contributed by atoms with E-state index >= 15 is 0 Å². The van der Waals surface area contributed by atoms with Crippen LogP contribution in [0, 0.1) is 17.8 Å². The molecule has 3 N–H and O–H groups in total. The van der Waals surface area contributed by atoms with Gasteiger partial charge in [-0.25, -0.2) is 0 Å². The van der Waals surface area contributed by atoms with E-state index in [0.717, 1.165) is 38.0 Å². The molecular weight excluding hydrogens is 260 g/mol. The van der Waals surface area contributed by atoms with E-state index in [-0.39, 0.29) is 23.3 Å². The van der Waals surface area contributed by atoms with Crippen LogP contribution in [0.3, 0.4) is 0 Å². The number of alkyl halides is 1. The van der Waals surface area contributed by atoms with Crippen molar-refractivity contribution < 1.29 is 5.11 Å². The third-order valence-electron chi connectivity index (χ3n) is 5.67. The summed E-state index contributed by atoms with van der Waals surface area (Å²) in [7, 11) is 0. The Labute approximate surface area is 120 Å². The van der Waals surface area contributed by atoms with E-state index in [2.05, 4.69) is 11.9 Å². The molecule has 2 saturated carbocycles. The number of nitrogens with zero attached hydrogens (tertiary/aromatic N) is 1. The molecule has 0 saturated heterocycles. The third-order valence-corrected chi connectivity index (χ3v) is 6.06. The molecule has 0 spiro atoms. The van der Waals surface area contributed by atoms with Crippen molar-refractivity contribution in [1.29, 1.82) is 0 Å². The highest BCUT2D eigenvalue weighted by atomic mass is 35.5. The van der Waals surface area contributed by atoms with Gasteiger partial charge in [0.05, 0.1) is 6.04 Å². The van der Waals surface area contributed by atoms with Crippen LogP contribution in [0.1, 0.15) is 51.9 Å². The molecule has 3 aliphatic rings. The van der Waals surface area contributed by atoms with Crippen LogP contribution in [0.25, 0.3) is 0 Å². The quantitative estimate of drug-likeness (QED) is 0.728. The molecule has 0 aromatic rings. The molecule has 1 heterocycles. The van der Waals surface area contributed by atoms with E-state index in [9.17, 15) is 5.11 Å². The number of fused-ring (bicyclic) bond motifs is 1. The van der Waals surface area contributed by atoms with Gasteiger partial charge < -0.3 is 10.8 Å². The lowest BCUT2D eigenvalue weighted by Crippen LogP contribution is -2.55. The predicted octanol–water partition coefficient (Wildman–Crippen LogP) is 2.69. The Morgan fingerprint density at radius 1 is 1.21 bits per heavy atom. The molecule has 0 aromatic carbocycles. The SMILES string of the molecule is CC1CCC(C2(O)C(N)=NC3CCC(Cl)CC32)CC1. The van der Waals surface area contributed by atoms with Crippen LogP contribution in [0.15, 0.2) is 4.99 Å². The van der Waals surface area contributed by atoms with Crippen LogP contribution in [0.2, 0.25) is 0 Å². The minimum Gasteiger partial charge on any atom is -0.385 e. The maximum absolute atomic E-state index is 11.3. The summed E-state index contributed by atoms with van der Waals surface area (Å²) in [6.45, 7) is 2.30. The largest absolute Gasteiger partial charge is 0.385 e. The number of rotatable bonds is 1. The number of amidine groups is 1. The van der Waals surface area contributed by atoms with E-state index in [1.165, 1.54) is 12.8 Å². The average molecular weight is 285 g/mol. The molecule has 1 aliphatic heterocycles. The highest BCUT2D eigenvalue weighted by Crippen LogP contribution is 2.48. The first-order valence-electron chi connectivity index (χ1n) is 7.72. The summed E-state index contributed by atoms with van der Waals surface area (Å²) in [6.07, 6.45) is 7.37. The number of halogens is 1. The van der Waals surface area contributed by atoms with Crippen LogP contribution >= 0.6 is 11.6 Å². The first-order chi connectivity index (χ1) is 9.01. The fourth-order valence-electron chi connectivity index (χ4n) is 4.41. The molecule has 0 amide bonds. The Morgan fingerprint density at radius 2 is 1.89 bits per heavy atom. The Balaban J connectivity index is 1.82. The summed E-state index contributed by atoms with van der Waals surface area (Å²) >= 11 is 6.32. The maximum Gasteiger partial charge on any atom is 0.129 e. The zero-order chi connectivity index (χ0) is 13.6. The molecule has 108 valence electrons. The van der Waals surface area contributed by atoms with Crippen LogP contribution in [0.4, 0.5) is 0 Å². The normalized spacial score (nSPS) is 50.7. The van der Waals surface area contributed by atoms with E-state index in [4.69, 9.17) is 17.3 Å². The summed E-state index contributed by atoms with van der Waals surface area (Å²) in [6, 6.07) is 0.208. The summed E-state index contributed by atoms with van der Waals surface area (Å²) < 4.78 is 0. The summed E-state index contributed by atoms with van der Waals surface area (Å²) in [4.78, 5) is 4.58. The number of hydrogen-bond donors (Lipinski definition) is 2. The minimum absolute atomic E-state index is 0.155. The highest BCUT2D eigenvalue weighted by molar-refractivity contribution is 6.20. The molecule has 19 heavy (non-hydrogen) atoms. The smallest absolute Gasteiger partial charge is 0.129 e. The second kappa shape index (κ2) is 4.92. The van der Waals surface area contributed by atoms with Gasteiger partial charge in [-0.1, -0.05) is 19.8 Å². The summed E-state index contributed by atoms with van der Waals surface area (Å²) in [5.41, 5.74) is 5.26. The second-order valence-electron chi connectivity index (χ2n) is 6.88. The Bertz CT molecular complexity index is 378. The fraction of sp³-hybridized carbons (Fsp3) is 0.933. The van der Waals surface area contributed by atoms with Gasteiger partial charge in [-0.2, -0.15) is 0 Å². The molecule has 2 aliphatic carbocycles. The van der Waals surface area contributed by atoms with Crippen molar-refractivity contribution in [3.8, 4) is 0 Å². The number of hydrogen-bond acceptors (Lipinski definition) is 3. The molecule has 0 aromatic heterocycles. The van der Waals surface area contributed by atoms with Crippen LogP contribution in [-0.4, -0.2) is 28.0 Å². The number of aliphatic imine (C=N–C) groups is 1. The van der Waals surface area contributed by atoms with Gasteiger partial charge in [0, 0.05) is 11.3 Å². The molecule has 0 radical (unpaired) electrons. The monoisotopic (exact) mass is 284 g/mol. The van der Waals surface area contributed by atoms with Crippen molar-refractivity contribution in [1.82, 2.24) is 0 Å². The van der Waals surface area contributed by atoms with Gasteiger partial charge in [-0.15, -0.1) is 11.6 Å². The molecule has 4 heteroatoms. The number of nitrogens with two attached hydrogens (primary N) is 1. The van der Waals surface area contributed by atoms with E-state index in [1.54, 1.807) is 0 Å².